The number of hydrogen-bond acceptors (Lipinski definition) is 1. The van der Waals surface area contributed by atoms with Crippen LogP contribution in [-0.2, 0) is 7.05 Å². The van der Waals surface area contributed by atoms with E-state index in [1.807, 2.05) is 29.8 Å². The van der Waals surface area contributed by atoms with Gasteiger partial charge in [-0.15, -0.1) is 0 Å². The minimum Gasteiger partial charge on any atom is -0.241 e. The van der Waals surface area contributed by atoms with Gasteiger partial charge in [0.1, 0.15) is 0 Å². The molecular weight excluding hydrogens is 152 g/mol. The van der Waals surface area contributed by atoms with Gasteiger partial charge in [0.05, 0.1) is 25.5 Å². The largest absolute Gasteiger partial charge is 0.342 e. The molecule has 0 bridgehead atoms. The first-order chi connectivity index (χ1) is 5.79. The SMILES string of the molecule is C[n+]1ccc(=O)n2ccccc21. The number of pyridine rings is 1. The van der Waals surface area contributed by atoms with Gasteiger partial charge in [-0.2, -0.15) is 4.40 Å². The van der Waals surface area contributed by atoms with Crippen LogP contribution in [0.1, 0.15) is 0 Å². The van der Waals surface area contributed by atoms with Gasteiger partial charge in [-0.25, -0.2) is 9.36 Å². The van der Waals surface area contributed by atoms with Crippen molar-refractivity contribution < 1.29 is 4.57 Å². The summed E-state index contributed by atoms with van der Waals surface area (Å²) in [5.74, 6) is 0. The predicted molar refractivity (Wildman–Crippen MR) is 44.8 cm³/mol. The molecule has 0 atom stereocenters. The summed E-state index contributed by atoms with van der Waals surface area (Å²) in [5, 5.41) is 0. The first-order valence-corrected chi connectivity index (χ1v) is 3.75. The molecule has 2 heterocycles. The molecule has 0 fully saturated rings. The van der Waals surface area contributed by atoms with Gasteiger partial charge < -0.3 is 0 Å². The van der Waals surface area contributed by atoms with Crippen molar-refractivity contribution in [1.82, 2.24) is 4.40 Å². The topological polar surface area (TPSA) is 25.4 Å². The van der Waals surface area contributed by atoms with Gasteiger partial charge >= 0.3 is 5.56 Å². The zero-order valence-electron chi connectivity index (χ0n) is 6.77. The highest BCUT2D eigenvalue weighted by Crippen LogP contribution is 1.90. The van der Waals surface area contributed by atoms with E-state index in [-0.39, 0.29) is 5.56 Å². The van der Waals surface area contributed by atoms with Gasteiger partial charge in [0.25, 0.3) is 5.65 Å². The van der Waals surface area contributed by atoms with Crippen LogP contribution in [0.15, 0.2) is 41.5 Å². The van der Waals surface area contributed by atoms with Crippen molar-refractivity contribution in [3.05, 3.63) is 47.0 Å². The van der Waals surface area contributed by atoms with Crippen LogP contribution in [-0.4, -0.2) is 4.40 Å². The van der Waals surface area contributed by atoms with E-state index in [0.29, 0.717) is 0 Å². The fourth-order valence-corrected chi connectivity index (χ4v) is 1.24. The lowest BCUT2D eigenvalue weighted by molar-refractivity contribution is -0.648. The average molecular weight is 161 g/mol. The van der Waals surface area contributed by atoms with Crippen LogP contribution in [0.3, 0.4) is 0 Å². The summed E-state index contributed by atoms with van der Waals surface area (Å²) in [6, 6.07) is 7.21. The standard InChI is InChI=1S/C9H9N2O/c1-10-7-5-9(12)11-6-3-2-4-8(10)11/h2-7H,1H3/q+1. The van der Waals surface area contributed by atoms with Gasteiger partial charge in [0.15, 0.2) is 0 Å². The molecular formula is C9H9N2O+. The van der Waals surface area contributed by atoms with Crippen LogP contribution in [0.25, 0.3) is 5.65 Å². The first kappa shape index (κ1) is 7.03. The summed E-state index contributed by atoms with van der Waals surface area (Å²) in [4.78, 5) is 11.3. The maximum atomic E-state index is 11.3. The molecule has 2 aromatic rings. The molecule has 0 aliphatic heterocycles. The first-order valence-electron chi connectivity index (χ1n) is 3.75. The molecule has 0 saturated carbocycles. The molecule has 2 rings (SSSR count). The Morgan fingerprint density at radius 2 is 2.17 bits per heavy atom. The van der Waals surface area contributed by atoms with E-state index in [9.17, 15) is 4.79 Å². The molecule has 0 aromatic carbocycles. The van der Waals surface area contributed by atoms with Gasteiger partial charge in [0.2, 0.25) is 0 Å². The van der Waals surface area contributed by atoms with Gasteiger partial charge in [0, 0.05) is 6.07 Å². The monoisotopic (exact) mass is 161 g/mol. The van der Waals surface area contributed by atoms with Gasteiger partial charge in [-0.05, 0) is 6.07 Å². The molecule has 2 aromatic heterocycles. The second kappa shape index (κ2) is 2.44. The van der Waals surface area contributed by atoms with Crippen molar-refractivity contribution in [2.24, 2.45) is 7.05 Å². The third-order valence-corrected chi connectivity index (χ3v) is 1.88. The van der Waals surface area contributed by atoms with Crippen LogP contribution in [0.2, 0.25) is 0 Å². The smallest absolute Gasteiger partial charge is 0.241 e. The molecule has 0 aliphatic carbocycles. The molecule has 0 saturated heterocycles. The lowest BCUT2D eigenvalue weighted by Crippen LogP contribution is -2.34. The van der Waals surface area contributed by atoms with Gasteiger partial charge in [-0.1, -0.05) is 6.07 Å². The highest BCUT2D eigenvalue weighted by molar-refractivity contribution is 5.30. The summed E-state index contributed by atoms with van der Waals surface area (Å²) in [5.41, 5.74) is 0.897. The summed E-state index contributed by atoms with van der Waals surface area (Å²) >= 11 is 0. The zero-order chi connectivity index (χ0) is 8.55. The molecule has 12 heavy (non-hydrogen) atoms. The fraction of sp³-hybridized carbons (Fsp3) is 0.111. The summed E-state index contributed by atoms with van der Waals surface area (Å²) in [6.07, 6.45) is 3.52. The van der Waals surface area contributed by atoms with Crippen LogP contribution >= 0.6 is 0 Å². The maximum Gasteiger partial charge on any atom is 0.342 e. The molecule has 0 unspecified atom stereocenters. The van der Waals surface area contributed by atoms with E-state index >= 15 is 0 Å². The number of fused-ring (bicyclic) bond motifs is 1. The number of aryl methyl sites for hydroxylation is 1. The fourth-order valence-electron chi connectivity index (χ4n) is 1.24. The number of nitrogens with zero attached hydrogens (tertiary/aromatic N) is 2. The molecule has 3 heteroatoms. The van der Waals surface area contributed by atoms with Crippen molar-refractivity contribution in [2.75, 3.05) is 0 Å². The van der Waals surface area contributed by atoms with E-state index < -0.39 is 0 Å². The molecule has 0 spiro atoms. The number of rotatable bonds is 0. The van der Waals surface area contributed by atoms with E-state index in [2.05, 4.69) is 0 Å². The second-order valence-electron chi connectivity index (χ2n) is 2.69. The predicted octanol–water partition coefficient (Wildman–Crippen LogP) is 0.124. The van der Waals surface area contributed by atoms with E-state index in [1.54, 1.807) is 22.9 Å². The highest BCUT2D eigenvalue weighted by atomic mass is 16.1. The van der Waals surface area contributed by atoms with Crippen LogP contribution < -0.4 is 10.1 Å². The Labute approximate surface area is 69.5 Å². The van der Waals surface area contributed by atoms with E-state index in [0.717, 1.165) is 5.65 Å². The molecule has 0 amide bonds. The third kappa shape index (κ3) is 0.906. The third-order valence-electron chi connectivity index (χ3n) is 1.88. The van der Waals surface area contributed by atoms with Crippen LogP contribution in [0.5, 0.6) is 0 Å². The summed E-state index contributed by atoms with van der Waals surface area (Å²) < 4.78 is 3.52. The molecule has 0 radical (unpaired) electrons. The maximum absolute atomic E-state index is 11.3. The minimum absolute atomic E-state index is 0.00343. The van der Waals surface area contributed by atoms with Crippen molar-refractivity contribution in [3.8, 4) is 0 Å². The lowest BCUT2D eigenvalue weighted by atomic mass is 10.4. The molecule has 0 N–H and O–H groups in total. The van der Waals surface area contributed by atoms with Crippen LogP contribution in [0.4, 0.5) is 0 Å². The number of aromatic nitrogens is 2. The Bertz CT molecular complexity index is 473. The molecule has 0 aliphatic rings. The summed E-state index contributed by atoms with van der Waals surface area (Å²) in [7, 11) is 1.91. The zero-order valence-corrected chi connectivity index (χ0v) is 6.77. The highest BCUT2D eigenvalue weighted by Gasteiger charge is 2.03. The lowest BCUT2D eigenvalue weighted by Gasteiger charge is -1.94. The molecule has 3 nitrogen and oxygen atoms in total. The molecule has 60 valence electrons. The Morgan fingerprint density at radius 1 is 1.33 bits per heavy atom. The Hall–Kier alpha value is -1.64. The van der Waals surface area contributed by atoms with Crippen molar-refractivity contribution >= 4 is 5.65 Å². The van der Waals surface area contributed by atoms with E-state index in [1.165, 1.54) is 0 Å². The van der Waals surface area contributed by atoms with Crippen molar-refractivity contribution in [1.29, 1.82) is 0 Å². The van der Waals surface area contributed by atoms with Crippen molar-refractivity contribution in [3.63, 3.8) is 0 Å². The Morgan fingerprint density at radius 3 is 2.92 bits per heavy atom. The van der Waals surface area contributed by atoms with E-state index in [4.69, 9.17) is 0 Å². The minimum atomic E-state index is 0.00343. The summed E-state index contributed by atoms with van der Waals surface area (Å²) in [6.45, 7) is 0. The Balaban J connectivity index is 3.05. The van der Waals surface area contributed by atoms with Gasteiger partial charge in [-0.3, -0.25) is 0 Å². The van der Waals surface area contributed by atoms with Crippen LogP contribution in [0, 0.1) is 0 Å². The van der Waals surface area contributed by atoms with Crippen molar-refractivity contribution in [2.45, 2.75) is 0 Å². The quantitative estimate of drug-likeness (QED) is 0.504. The Kier molecular flexibility index (Phi) is 1.43. The normalized spacial score (nSPS) is 10.4. The number of hydrogen-bond donors (Lipinski definition) is 0. The second-order valence-corrected chi connectivity index (χ2v) is 2.69. The average Bonchev–Trinajstić information content (AvgIpc) is 2.12.